The van der Waals surface area contributed by atoms with Gasteiger partial charge in [0.1, 0.15) is 0 Å². The van der Waals surface area contributed by atoms with Crippen LogP contribution in [-0.2, 0) is 11.2 Å². The van der Waals surface area contributed by atoms with E-state index < -0.39 is 0 Å². The summed E-state index contributed by atoms with van der Waals surface area (Å²) < 4.78 is 21.8. The van der Waals surface area contributed by atoms with E-state index in [0.717, 1.165) is 12.0 Å². The zero-order chi connectivity index (χ0) is 17.2. The number of carbonyl (C=O) groups is 1. The first-order chi connectivity index (χ1) is 12.2. The summed E-state index contributed by atoms with van der Waals surface area (Å²) in [5.74, 6) is 2.25. The molecule has 2 aromatic carbocycles. The van der Waals surface area contributed by atoms with Crippen LogP contribution in [0.5, 0.6) is 23.0 Å². The van der Waals surface area contributed by atoms with Crippen LogP contribution in [0.25, 0.3) is 0 Å². The summed E-state index contributed by atoms with van der Waals surface area (Å²) in [7, 11) is 0. The van der Waals surface area contributed by atoms with E-state index in [0.29, 0.717) is 46.9 Å². The molecular formula is C18H16ClNO5. The highest BCUT2D eigenvalue weighted by molar-refractivity contribution is 6.32. The van der Waals surface area contributed by atoms with Gasteiger partial charge in [0.25, 0.3) is 0 Å². The Balaban J connectivity index is 1.47. The van der Waals surface area contributed by atoms with Crippen molar-refractivity contribution in [3.63, 3.8) is 0 Å². The molecule has 4 rings (SSSR count). The average Bonchev–Trinajstić information content (AvgIpc) is 2.91. The molecular weight excluding hydrogens is 346 g/mol. The van der Waals surface area contributed by atoms with E-state index in [1.807, 2.05) is 0 Å². The lowest BCUT2D eigenvalue weighted by molar-refractivity contribution is -0.115. The van der Waals surface area contributed by atoms with E-state index in [2.05, 4.69) is 5.32 Å². The molecule has 2 aliphatic heterocycles. The maximum Gasteiger partial charge on any atom is 0.231 e. The van der Waals surface area contributed by atoms with Crippen LogP contribution in [0.2, 0.25) is 5.02 Å². The molecule has 6 nitrogen and oxygen atoms in total. The second-order valence-corrected chi connectivity index (χ2v) is 6.16. The van der Waals surface area contributed by atoms with Gasteiger partial charge in [-0.2, -0.15) is 0 Å². The first-order valence-electron chi connectivity index (χ1n) is 7.96. The van der Waals surface area contributed by atoms with E-state index in [1.54, 1.807) is 30.3 Å². The van der Waals surface area contributed by atoms with E-state index in [4.69, 9.17) is 30.5 Å². The summed E-state index contributed by atoms with van der Waals surface area (Å²) in [5, 5.41) is 3.29. The third-order valence-electron chi connectivity index (χ3n) is 3.88. The first-order valence-corrected chi connectivity index (χ1v) is 8.34. The predicted octanol–water partition coefficient (Wildman–Crippen LogP) is 3.41. The first kappa shape index (κ1) is 15.9. The number of hydrogen-bond donors (Lipinski definition) is 1. The highest BCUT2D eigenvalue weighted by atomic mass is 35.5. The minimum Gasteiger partial charge on any atom is -0.489 e. The van der Waals surface area contributed by atoms with E-state index in [-0.39, 0.29) is 19.1 Å². The van der Waals surface area contributed by atoms with E-state index in [9.17, 15) is 4.79 Å². The highest BCUT2D eigenvalue weighted by Crippen LogP contribution is 2.38. The fourth-order valence-electron chi connectivity index (χ4n) is 2.75. The van der Waals surface area contributed by atoms with Crippen LogP contribution in [0.15, 0.2) is 30.3 Å². The van der Waals surface area contributed by atoms with Crippen LogP contribution in [0, 0.1) is 0 Å². The molecule has 7 heteroatoms. The molecule has 0 saturated carbocycles. The quantitative estimate of drug-likeness (QED) is 0.907. The number of carbonyl (C=O) groups excluding carboxylic acids is 1. The minimum atomic E-state index is -0.163. The molecule has 0 bridgehead atoms. The Labute approximate surface area is 149 Å². The molecule has 0 radical (unpaired) electrons. The van der Waals surface area contributed by atoms with Gasteiger partial charge in [-0.15, -0.1) is 0 Å². The third-order valence-corrected chi connectivity index (χ3v) is 4.16. The second-order valence-electron chi connectivity index (χ2n) is 5.75. The van der Waals surface area contributed by atoms with Crippen LogP contribution in [0.3, 0.4) is 0 Å². The number of halogens is 1. The molecule has 0 saturated heterocycles. The molecule has 2 aromatic rings. The predicted molar refractivity (Wildman–Crippen MR) is 92.0 cm³/mol. The largest absolute Gasteiger partial charge is 0.489 e. The highest BCUT2D eigenvalue weighted by Gasteiger charge is 2.18. The maximum atomic E-state index is 12.3. The molecule has 0 fully saturated rings. The topological polar surface area (TPSA) is 66.0 Å². The summed E-state index contributed by atoms with van der Waals surface area (Å²) in [6.07, 6.45) is 0.968. The molecule has 1 N–H and O–H groups in total. The molecule has 0 spiro atoms. The Morgan fingerprint density at radius 2 is 1.84 bits per heavy atom. The number of ether oxygens (including phenoxy) is 4. The van der Waals surface area contributed by atoms with Crippen molar-refractivity contribution >= 4 is 23.2 Å². The zero-order valence-corrected chi connectivity index (χ0v) is 14.1. The smallest absolute Gasteiger partial charge is 0.231 e. The van der Waals surface area contributed by atoms with Crippen molar-refractivity contribution in [2.75, 3.05) is 25.3 Å². The molecule has 2 aliphatic rings. The van der Waals surface area contributed by atoms with Crippen LogP contribution < -0.4 is 24.3 Å². The average molecular weight is 362 g/mol. The number of fused-ring (bicyclic) bond motifs is 2. The Hall–Kier alpha value is -2.60. The van der Waals surface area contributed by atoms with Gasteiger partial charge >= 0.3 is 0 Å². The lowest BCUT2D eigenvalue weighted by Gasteiger charge is -2.12. The lowest BCUT2D eigenvalue weighted by atomic mass is 10.1. The van der Waals surface area contributed by atoms with Crippen molar-refractivity contribution in [2.45, 2.75) is 12.8 Å². The van der Waals surface area contributed by atoms with Gasteiger partial charge in [-0.1, -0.05) is 11.6 Å². The van der Waals surface area contributed by atoms with E-state index >= 15 is 0 Å². The monoisotopic (exact) mass is 361 g/mol. The molecule has 130 valence electrons. The summed E-state index contributed by atoms with van der Waals surface area (Å²) in [5.41, 5.74) is 1.40. The zero-order valence-electron chi connectivity index (χ0n) is 13.3. The van der Waals surface area contributed by atoms with Gasteiger partial charge in [-0.25, -0.2) is 0 Å². The van der Waals surface area contributed by atoms with Crippen LogP contribution in [0.1, 0.15) is 12.0 Å². The van der Waals surface area contributed by atoms with Crippen molar-refractivity contribution in [2.24, 2.45) is 0 Å². The Kier molecular flexibility index (Phi) is 4.28. The fourth-order valence-corrected chi connectivity index (χ4v) is 3.04. The van der Waals surface area contributed by atoms with Gasteiger partial charge in [0.05, 0.1) is 24.7 Å². The molecule has 0 aromatic heterocycles. The molecule has 25 heavy (non-hydrogen) atoms. The number of amides is 1. The van der Waals surface area contributed by atoms with Crippen molar-refractivity contribution in [3.05, 3.63) is 40.9 Å². The normalized spacial score (nSPS) is 14.8. The summed E-state index contributed by atoms with van der Waals surface area (Å²) in [6.45, 7) is 1.33. The number of rotatable bonds is 3. The molecule has 0 unspecified atom stereocenters. The van der Waals surface area contributed by atoms with Gasteiger partial charge in [-0.05, 0) is 29.8 Å². The summed E-state index contributed by atoms with van der Waals surface area (Å²) in [6, 6.07) is 8.80. The maximum absolute atomic E-state index is 12.3. The van der Waals surface area contributed by atoms with Gasteiger partial charge < -0.3 is 24.3 Å². The van der Waals surface area contributed by atoms with Crippen molar-refractivity contribution in [3.8, 4) is 23.0 Å². The number of hydrogen-bond acceptors (Lipinski definition) is 5. The molecule has 1 amide bonds. The van der Waals surface area contributed by atoms with Crippen molar-refractivity contribution in [1.82, 2.24) is 0 Å². The van der Waals surface area contributed by atoms with E-state index in [1.165, 1.54) is 0 Å². The number of benzene rings is 2. The van der Waals surface area contributed by atoms with Gasteiger partial charge in [0, 0.05) is 18.2 Å². The summed E-state index contributed by atoms with van der Waals surface area (Å²) >= 11 is 6.26. The van der Waals surface area contributed by atoms with Gasteiger partial charge in [-0.3, -0.25) is 4.79 Å². The lowest BCUT2D eigenvalue weighted by Crippen LogP contribution is -2.14. The van der Waals surface area contributed by atoms with Crippen LogP contribution >= 0.6 is 11.6 Å². The van der Waals surface area contributed by atoms with Crippen molar-refractivity contribution < 1.29 is 23.7 Å². The Morgan fingerprint density at radius 3 is 2.76 bits per heavy atom. The Bertz CT molecular complexity index is 823. The van der Waals surface area contributed by atoms with Gasteiger partial charge in [0.15, 0.2) is 23.0 Å². The molecule has 0 atom stereocenters. The third kappa shape index (κ3) is 3.44. The molecule has 2 heterocycles. The minimum absolute atomic E-state index is 0.163. The molecule has 0 aliphatic carbocycles. The van der Waals surface area contributed by atoms with Crippen molar-refractivity contribution in [1.29, 1.82) is 0 Å². The number of nitrogens with one attached hydrogen (secondary N) is 1. The fraction of sp³-hybridized carbons (Fsp3) is 0.278. The van der Waals surface area contributed by atoms with Crippen LogP contribution in [-0.4, -0.2) is 25.9 Å². The van der Waals surface area contributed by atoms with Gasteiger partial charge in [0.2, 0.25) is 12.7 Å². The summed E-state index contributed by atoms with van der Waals surface area (Å²) in [4.78, 5) is 12.3. The standard InChI is InChI=1S/C18H16ClNO5/c19-13-6-11(7-16-18(13)23-5-1-4-22-16)8-17(21)20-12-2-3-14-15(9-12)25-10-24-14/h2-3,6-7,9H,1,4-5,8,10H2,(H,20,21). The second kappa shape index (κ2) is 6.72. The van der Waals surface area contributed by atoms with Crippen LogP contribution in [0.4, 0.5) is 5.69 Å². The number of anilines is 1. The Morgan fingerprint density at radius 1 is 1.00 bits per heavy atom. The SMILES string of the molecule is O=C(Cc1cc(Cl)c2c(c1)OCCCO2)Nc1ccc2c(c1)OCO2.